The van der Waals surface area contributed by atoms with Gasteiger partial charge in [0.25, 0.3) is 5.89 Å². The minimum absolute atomic E-state index is 0. The summed E-state index contributed by atoms with van der Waals surface area (Å²) in [6, 6.07) is 3.94. The van der Waals surface area contributed by atoms with Crippen molar-refractivity contribution >= 4 is 18.2 Å². The minimum Gasteiger partial charge on any atom is -0.354 e. The van der Waals surface area contributed by atoms with Gasteiger partial charge in [-0.1, -0.05) is 18.0 Å². The highest BCUT2D eigenvalue weighted by molar-refractivity contribution is 5.85. The fraction of sp³-hybridized carbons (Fsp3) is 0.588. The average Bonchev–Trinajstić information content (AvgIpc) is 3.26. The number of aromatic nitrogens is 3. The second kappa shape index (κ2) is 7.27. The van der Waals surface area contributed by atoms with Gasteiger partial charge < -0.3 is 20.1 Å². The van der Waals surface area contributed by atoms with Crippen molar-refractivity contribution in [2.75, 3.05) is 38.1 Å². The predicted octanol–water partition coefficient (Wildman–Crippen LogP) is 2.03. The van der Waals surface area contributed by atoms with Crippen molar-refractivity contribution in [1.29, 1.82) is 0 Å². The van der Waals surface area contributed by atoms with Crippen LogP contribution in [0.25, 0.3) is 11.5 Å². The average molecular weight is 365 g/mol. The van der Waals surface area contributed by atoms with Gasteiger partial charge in [0, 0.05) is 37.9 Å². The van der Waals surface area contributed by atoms with Crippen LogP contribution < -0.4 is 10.6 Å². The number of piperazine rings is 1. The van der Waals surface area contributed by atoms with Gasteiger partial charge in [0.1, 0.15) is 5.82 Å². The van der Waals surface area contributed by atoms with Crippen LogP contribution in [0.4, 0.5) is 5.82 Å². The summed E-state index contributed by atoms with van der Waals surface area (Å²) < 4.78 is 5.49. The maximum absolute atomic E-state index is 6.42. The molecule has 2 aromatic rings. The number of nitrogens with two attached hydrogens (primary N) is 1. The molecule has 2 N–H and O–H groups in total. The van der Waals surface area contributed by atoms with Crippen molar-refractivity contribution in [3.05, 3.63) is 24.2 Å². The Bertz CT molecular complexity index is 707. The minimum atomic E-state index is -0.422. The molecule has 1 saturated heterocycles. The number of hydrogen-bond acceptors (Lipinski definition) is 7. The van der Waals surface area contributed by atoms with E-state index in [1.807, 2.05) is 12.1 Å². The molecule has 8 heteroatoms. The zero-order valence-electron chi connectivity index (χ0n) is 14.5. The monoisotopic (exact) mass is 364 g/mol. The standard InChI is InChI=1S/C17H24N6O.ClH/c1-22-8-10-23(11-9-22)14-12-13(4-7-19-14)15-20-16(21-24-15)17(18)5-2-3-6-17;/h4,7,12H,2-3,5-6,8-11,18H2,1H3;1H. The summed E-state index contributed by atoms with van der Waals surface area (Å²) in [6.45, 7) is 4.06. The van der Waals surface area contributed by atoms with Gasteiger partial charge in [-0.05, 0) is 32.0 Å². The largest absolute Gasteiger partial charge is 0.354 e. The zero-order chi connectivity index (χ0) is 16.6. The summed E-state index contributed by atoms with van der Waals surface area (Å²) in [7, 11) is 2.15. The number of hydrogen-bond donors (Lipinski definition) is 1. The third-order valence-electron chi connectivity index (χ3n) is 5.19. The van der Waals surface area contributed by atoms with Crippen LogP contribution in [0.1, 0.15) is 31.5 Å². The van der Waals surface area contributed by atoms with Crippen LogP contribution in [0.15, 0.2) is 22.9 Å². The summed E-state index contributed by atoms with van der Waals surface area (Å²) in [6.07, 6.45) is 5.91. The Morgan fingerprint density at radius 3 is 2.60 bits per heavy atom. The van der Waals surface area contributed by atoms with Crippen molar-refractivity contribution in [3.8, 4) is 11.5 Å². The molecular formula is C17H25ClN6O. The first kappa shape index (κ1) is 18.1. The summed E-state index contributed by atoms with van der Waals surface area (Å²) in [5.41, 5.74) is 6.90. The number of likely N-dealkylation sites (N-methyl/N-ethyl adjacent to an activating group) is 1. The summed E-state index contributed by atoms with van der Waals surface area (Å²) in [4.78, 5) is 13.7. The van der Waals surface area contributed by atoms with Crippen LogP contribution in [-0.2, 0) is 5.54 Å². The van der Waals surface area contributed by atoms with Crippen molar-refractivity contribution in [2.45, 2.75) is 31.2 Å². The van der Waals surface area contributed by atoms with Crippen LogP contribution in [0.3, 0.4) is 0 Å². The van der Waals surface area contributed by atoms with E-state index < -0.39 is 5.54 Å². The molecule has 7 nitrogen and oxygen atoms in total. The lowest BCUT2D eigenvalue weighted by atomic mass is 9.99. The van der Waals surface area contributed by atoms with Crippen LogP contribution in [0.2, 0.25) is 0 Å². The van der Waals surface area contributed by atoms with Gasteiger partial charge >= 0.3 is 0 Å². The molecule has 25 heavy (non-hydrogen) atoms. The van der Waals surface area contributed by atoms with Crippen LogP contribution in [-0.4, -0.2) is 53.3 Å². The third kappa shape index (κ3) is 3.63. The first-order chi connectivity index (χ1) is 11.6. The Morgan fingerprint density at radius 1 is 1.16 bits per heavy atom. The van der Waals surface area contributed by atoms with E-state index in [1.54, 1.807) is 6.20 Å². The van der Waals surface area contributed by atoms with Gasteiger partial charge in [0.2, 0.25) is 0 Å². The lowest BCUT2D eigenvalue weighted by Crippen LogP contribution is -2.44. The smallest absolute Gasteiger partial charge is 0.258 e. The molecule has 4 rings (SSSR count). The first-order valence-corrected chi connectivity index (χ1v) is 8.67. The lowest BCUT2D eigenvalue weighted by molar-refractivity contribution is 0.312. The van der Waals surface area contributed by atoms with E-state index >= 15 is 0 Å². The van der Waals surface area contributed by atoms with Crippen LogP contribution >= 0.6 is 12.4 Å². The number of anilines is 1. The fourth-order valence-corrected chi connectivity index (χ4v) is 3.53. The van der Waals surface area contributed by atoms with E-state index in [-0.39, 0.29) is 12.4 Å². The van der Waals surface area contributed by atoms with E-state index in [9.17, 15) is 0 Å². The molecule has 0 spiro atoms. The number of pyridine rings is 1. The third-order valence-corrected chi connectivity index (χ3v) is 5.19. The first-order valence-electron chi connectivity index (χ1n) is 8.67. The van der Waals surface area contributed by atoms with E-state index in [0.717, 1.165) is 63.2 Å². The highest BCUT2D eigenvalue weighted by atomic mass is 35.5. The highest BCUT2D eigenvalue weighted by Gasteiger charge is 2.36. The molecule has 0 amide bonds. The quantitative estimate of drug-likeness (QED) is 0.891. The normalized spacial score (nSPS) is 20.5. The Labute approximate surface area is 154 Å². The number of halogens is 1. The van der Waals surface area contributed by atoms with Crippen molar-refractivity contribution in [1.82, 2.24) is 20.0 Å². The molecule has 0 aromatic carbocycles. The molecule has 136 valence electrons. The van der Waals surface area contributed by atoms with Gasteiger partial charge in [-0.2, -0.15) is 4.98 Å². The number of rotatable bonds is 3. The second-order valence-corrected chi connectivity index (χ2v) is 6.98. The SMILES string of the molecule is CN1CCN(c2cc(-c3nc(C4(N)CCCC4)no3)ccn2)CC1.Cl. The Kier molecular flexibility index (Phi) is 5.27. The number of nitrogens with zero attached hydrogens (tertiary/aromatic N) is 5. The molecule has 1 aliphatic carbocycles. The van der Waals surface area contributed by atoms with Gasteiger partial charge in [-0.25, -0.2) is 4.98 Å². The van der Waals surface area contributed by atoms with Gasteiger partial charge in [-0.3, -0.25) is 0 Å². The zero-order valence-corrected chi connectivity index (χ0v) is 15.3. The molecule has 0 bridgehead atoms. The lowest BCUT2D eigenvalue weighted by Gasteiger charge is -2.33. The molecule has 2 fully saturated rings. The van der Waals surface area contributed by atoms with Gasteiger partial charge in [0.05, 0.1) is 5.54 Å². The van der Waals surface area contributed by atoms with Crippen LogP contribution in [0.5, 0.6) is 0 Å². The van der Waals surface area contributed by atoms with Crippen molar-refractivity contribution < 1.29 is 4.52 Å². The topological polar surface area (TPSA) is 84.3 Å². The Hall–Kier alpha value is -1.70. The van der Waals surface area contributed by atoms with Crippen molar-refractivity contribution in [2.24, 2.45) is 5.73 Å². The molecule has 1 aliphatic heterocycles. The maximum atomic E-state index is 6.42. The van der Waals surface area contributed by atoms with E-state index in [4.69, 9.17) is 10.3 Å². The molecule has 0 unspecified atom stereocenters. The van der Waals surface area contributed by atoms with Crippen molar-refractivity contribution in [3.63, 3.8) is 0 Å². The molecule has 2 aliphatic rings. The second-order valence-electron chi connectivity index (χ2n) is 6.98. The molecule has 0 radical (unpaired) electrons. The molecule has 1 saturated carbocycles. The van der Waals surface area contributed by atoms with Crippen LogP contribution in [0, 0.1) is 0 Å². The molecule has 0 atom stereocenters. The molecule has 2 aromatic heterocycles. The maximum Gasteiger partial charge on any atom is 0.258 e. The molecular weight excluding hydrogens is 340 g/mol. The predicted molar refractivity (Wildman–Crippen MR) is 98.8 cm³/mol. The van der Waals surface area contributed by atoms with E-state index in [0.29, 0.717) is 11.7 Å². The highest BCUT2D eigenvalue weighted by Crippen LogP contribution is 2.35. The van der Waals surface area contributed by atoms with Gasteiger partial charge in [-0.15, -0.1) is 12.4 Å². The summed E-state index contributed by atoms with van der Waals surface area (Å²) >= 11 is 0. The Morgan fingerprint density at radius 2 is 1.88 bits per heavy atom. The Balaban J connectivity index is 0.00000182. The molecule has 3 heterocycles. The summed E-state index contributed by atoms with van der Waals surface area (Å²) in [5, 5.41) is 4.15. The van der Waals surface area contributed by atoms with E-state index in [1.165, 1.54) is 0 Å². The van der Waals surface area contributed by atoms with E-state index in [2.05, 4.69) is 32.0 Å². The fourth-order valence-electron chi connectivity index (χ4n) is 3.53. The van der Waals surface area contributed by atoms with Gasteiger partial charge in [0.15, 0.2) is 5.82 Å². The summed E-state index contributed by atoms with van der Waals surface area (Å²) in [5.74, 6) is 2.12.